The summed E-state index contributed by atoms with van der Waals surface area (Å²) in [6.07, 6.45) is 11.4. The molecule has 29 heavy (non-hydrogen) atoms. The Bertz CT molecular complexity index is 783. The van der Waals surface area contributed by atoms with Gasteiger partial charge in [-0.25, -0.2) is 4.79 Å². The number of halogens is 2. The number of nitrogens with zero attached hydrogens (tertiary/aromatic N) is 1. The van der Waals surface area contributed by atoms with E-state index in [0.717, 1.165) is 54.4 Å². The van der Waals surface area contributed by atoms with Crippen molar-refractivity contribution in [2.24, 2.45) is 5.92 Å². The highest BCUT2D eigenvalue weighted by molar-refractivity contribution is 9.10. The molecule has 0 aromatic heterocycles. The Morgan fingerprint density at radius 1 is 1.41 bits per heavy atom. The number of hydrogen-bond donors (Lipinski definition) is 0. The molecule has 2 rings (SSSR count). The molecule has 158 valence electrons. The topological polar surface area (TPSA) is 29.5 Å². The number of likely N-dealkylation sites (tertiary alicyclic amines) is 1. The minimum Gasteiger partial charge on any atom is -0.444 e. The fourth-order valence-electron chi connectivity index (χ4n) is 3.45. The zero-order valence-electron chi connectivity index (χ0n) is 17.8. The van der Waals surface area contributed by atoms with Crippen molar-refractivity contribution < 1.29 is 9.53 Å². The molecule has 0 bridgehead atoms. The number of alkyl halides is 1. The van der Waals surface area contributed by atoms with E-state index in [-0.39, 0.29) is 6.09 Å². The summed E-state index contributed by atoms with van der Waals surface area (Å²) >= 11 is 9.96. The van der Waals surface area contributed by atoms with E-state index < -0.39 is 11.0 Å². The first-order valence-electron chi connectivity index (χ1n) is 10.1. The van der Waals surface area contributed by atoms with Crippen LogP contribution in [0, 0.1) is 25.2 Å². The van der Waals surface area contributed by atoms with Crippen LogP contribution in [0.2, 0.25) is 0 Å². The Morgan fingerprint density at radius 2 is 2.07 bits per heavy atom. The minimum absolute atomic E-state index is 0.213. The maximum Gasteiger partial charge on any atom is 0.410 e. The van der Waals surface area contributed by atoms with Gasteiger partial charge in [-0.3, -0.25) is 0 Å². The summed E-state index contributed by atoms with van der Waals surface area (Å²) < 4.78 is 6.52. The van der Waals surface area contributed by atoms with Crippen molar-refractivity contribution >= 4 is 39.7 Å². The first kappa shape index (κ1) is 23.8. The highest BCUT2D eigenvalue weighted by Crippen LogP contribution is 2.29. The Hall–Kier alpha value is -1.44. The molecule has 0 N–H and O–H groups in total. The van der Waals surface area contributed by atoms with Gasteiger partial charge in [0.05, 0.1) is 0 Å². The summed E-state index contributed by atoms with van der Waals surface area (Å²) in [6.45, 7) is 9.25. The average molecular weight is 481 g/mol. The minimum atomic E-state index is -0.456. The molecule has 0 saturated carbocycles. The molecular weight excluding hydrogens is 450 g/mol. The van der Waals surface area contributed by atoms with Gasteiger partial charge < -0.3 is 9.64 Å². The number of piperidine rings is 1. The molecule has 1 heterocycles. The van der Waals surface area contributed by atoms with Gasteiger partial charge in [-0.05, 0) is 88.1 Å². The number of carbonyl (C=O) groups is 1. The molecule has 0 aliphatic carbocycles. The molecule has 1 aromatic rings. The third kappa shape index (κ3) is 7.72. The Balaban J connectivity index is 1.96. The maximum absolute atomic E-state index is 12.2. The van der Waals surface area contributed by atoms with Crippen LogP contribution in [0.4, 0.5) is 4.79 Å². The van der Waals surface area contributed by atoms with Gasteiger partial charge >= 0.3 is 6.09 Å². The monoisotopic (exact) mass is 479 g/mol. The van der Waals surface area contributed by atoms with Gasteiger partial charge in [-0.1, -0.05) is 34.0 Å². The molecule has 1 saturated heterocycles. The van der Waals surface area contributed by atoms with Crippen molar-refractivity contribution in [3.8, 4) is 12.3 Å². The van der Waals surface area contributed by atoms with Crippen molar-refractivity contribution in [1.82, 2.24) is 4.90 Å². The highest BCUT2D eigenvalue weighted by Gasteiger charge is 2.27. The van der Waals surface area contributed by atoms with E-state index in [1.54, 1.807) is 0 Å². The Labute approximate surface area is 189 Å². The maximum atomic E-state index is 12.2. The fourth-order valence-corrected chi connectivity index (χ4v) is 4.00. The summed E-state index contributed by atoms with van der Waals surface area (Å²) in [5.74, 6) is 3.22. The van der Waals surface area contributed by atoms with Crippen molar-refractivity contribution in [3.63, 3.8) is 0 Å². The first-order valence-corrected chi connectivity index (χ1v) is 11.4. The van der Waals surface area contributed by atoms with E-state index in [9.17, 15) is 4.79 Å². The second-order valence-electron chi connectivity index (χ2n) is 8.70. The normalized spacial score (nSPS) is 17.0. The Kier molecular flexibility index (Phi) is 8.67. The second-order valence-corrected chi connectivity index (χ2v) is 10.1. The molecule has 1 unspecified atom stereocenters. The molecule has 1 aromatic carbocycles. The zero-order chi connectivity index (χ0) is 21.6. The molecular formula is C24H31BrClNO2. The van der Waals surface area contributed by atoms with Gasteiger partial charge in [-0.2, -0.15) is 0 Å². The van der Waals surface area contributed by atoms with Crippen molar-refractivity contribution in [2.75, 3.05) is 13.1 Å². The van der Waals surface area contributed by atoms with Crippen LogP contribution < -0.4 is 0 Å². The fraction of sp³-hybridized carbons (Fsp3) is 0.542. The van der Waals surface area contributed by atoms with E-state index in [1.807, 2.05) is 31.7 Å². The SMILES string of the molecule is C#CC(Cl)/C(=C\c1cc(Br)ccc1C)CCC1CCN(C(=O)OC(C)(C)C)CC1. The van der Waals surface area contributed by atoms with Crippen molar-refractivity contribution in [1.29, 1.82) is 0 Å². The van der Waals surface area contributed by atoms with Gasteiger partial charge in [0.25, 0.3) is 0 Å². The van der Waals surface area contributed by atoms with Crippen LogP contribution in [-0.4, -0.2) is 35.1 Å². The molecule has 0 spiro atoms. The second kappa shape index (κ2) is 10.5. The van der Waals surface area contributed by atoms with Crippen molar-refractivity contribution in [2.45, 2.75) is 64.4 Å². The predicted octanol–water partition coefficient (Wildman–Crippen LogP) is 6.81. The van der Waals surface area contributed by atoms with E-state index in [4.69, 9.17) is 22.8 Å². The highest BCUT2D eigenvalue weighted by atomic mass is 79.9. The lowest BCUT2D eigenvalue weighted by molar-refractivity contribution is 0.0181. The van der Waals surface area contributed by atoms with E-state index in [2.05, 4.69) is 47.0 Å². The van der Waals surface area contributed by atoms with Crippen LogP contribution >= 0.6 is 27.5 Å². The van der Waals surface area contributed by atoms with Gasteiger partial charge in [0.15, 0.2) is 0 Å². The predicted molar refractivity (Wildman–Crippen MR) is 125 cm³/mol. The van der Waals surface area contributed by atoms with Crippen LogP contribution in [0.5, 0.6) is 0 Å². The summed E-state index contributed by atoms with van der Waals surface area (Å²) in [5, 5.41) is -0.407. The molecule has 1 aliphatic heterocycles. The van der Waals surface area contributed by atoms with E-state index in [1.165, 1.54) is 5.56 Å². The number of allylic oxidation sites excluding steroid dienone is 1. The zero-order valence-corrected chi connectivity index (χ0v) is 20.1. The summed E-state index contributed by atoms with van der Waals surface area (Å²) in [7, 11) is 0. The average Bonchev–Trinajstić information content (AvgIpc) is 2.66. The quantitative estimate of drug-likeness (QED) is 0.342. The number of rotatable bonds is 5. The lowest BCUT2D eigenvalue weighted by Crippen LogP contribution is -2.41. The van der Waals surface area contributed by atoms with E-state index >= 15 is 0 Å². The van der Waals surface area contributed by atoms with Crippen LogP contribution in [0.25, 0.3) is 6.08 Å². The number of ether oxygens (including phenoxy) is 1. The van der Waals surface area contributed by atoms with Crippen LogP contribution in [0.15, 0.2) is 28.2 Å². The van der Waals surface area contributed by atoms with Crippen LogP contribution in [0.3, 0.4) is 0 Å². The molecule has 0 radical (unpaired) electrons. The lowest BCUT2D eigenvalue weighted by Gasteiger charge is -2.33. The Morgan fingerprint density at radius 3 is 2.66 bits per heavy atom. The molecule has 5 heteroatoms. The first-order chi connectivity index (χ1) is 13.6. The number of carbonyl (C=O) groups excluding carboxylic acids is 1. The lowest BCUT2D eigenvalue weighted by atomic mass is 9.89. The van der Waals surface area contributed by atoms with Gasteiger partial charge in [-0.15, -0.1) is 18.0 Å². The third-order valence-corrected chi connectivity index (χ3v) is 6.06. The number of hydrogen-bond acceptors (Lipinski definition) is 2. The standard InChI is InChI=1S/C24H31BrClNO2/c1-6-22(26)19(15-20-16-21(25)10-7-17(20)2)9-8-18-11-13-27(14-12-18)23(28)29-24(3,4)5/h1,7,10,15-16,18,22H,8-9,11-14H2,2-5H3/b19-15-. The van der Waals surface area contributed by atoms with Gasteiger partial charge in [0.1, 0.15) is 11.0 Å². The van der Waals surface area contributed by atoms with Gasteiger partial charge in [0.2, 0.25) is 0 Å². The molecule has 3 nitrogen and oxygen atoms in total. The molecule has 1 amide bonds. The van der Waals surface area contributed by atoms with Crippen LogP contribution in [0.1, 0.15) is 57.6 Å². The molecule has 1 fully saturated rings. The number of amides is 1. The number of benzene rings is 1. The largest absolute Gasteiger partial charge is 0.444 e. The summed E-state index contributed by atoms with van der Waals surface area (Å²) in [4.78, 5) is 14.0. The smallest absolute Gasteiger partial charge is 0.410 e. The summed E-state index contributed by atoms with van der Waals surface area (Å²) in [6, 6.07) is 6.21. The molecule has 1 atom stereocenters. The number of aryl methyl sites for hydroxylation is 1. The number of terminal acetylenes is 1. The van der Waals surface area contributed by atoms with Crippen LogP contribution in [-0.2, 0) is 4.74 Å². The third-order valence-electron chi connectivity index (χ3n) is 5.16. The van der Waals surface area contributed by atoms with Gasteiger partial charge in [0, 0.05) is 17.6 Å². The van der Waals surface area contributed by atoms with Crippen molar-refractivity contribution in [3.05, 3.63) is 39.4 Å². The summed E-state index contributed by atoms with van der Waals surface area (Å²) in [5.41, 5.74) is 2.94. The van der Waals surface area contributed by atoms with E-state index in [0.29, 0.717) is 5.92 Å². The molecule has 1 aliphatic rings.